The molecule has 2 aromatic rings. The van der Waals surface area contributed by atoms with Crippen LogP contribution < -0.4 is 21.3 Å². The summed E-state index contributed by atoms with van der Waals surface area (Å²) in [6.07, 6.45) is 0.555. The maximum absolute atomic E-state index is 14.1. The van der Waals surface area contributed by atoms with Crippen LogP contribution in [0.1, 0.15) is 34.1 Å². The number of likely N-dealkylation sites (tertiary alicyclic amines) is 2. The Labute approximate surface area is 229 Å². The second-order valence-electron chi connectivity index (χ2n) is 11.5. The summed E-state index contributed by atoms with van der Waals surface area (Å²) in [4.78, 5) is 56.8. The molecule has 4 rings (SSSR count). The minimum absolute atomic E-state index is 0.193. The van der Waals surface area contributed by atoms with Gasteiger partial charge in [-0.25, -0.2) is 4.79 Å². The van der Waals surface area contributed by atoms with Gasteiger partial charge in [0.25, 0.3) is 0 Å². The first-order valence-electron chi connectivity index (χ1n) is 13.5. The Hall–Kier alpha value is -3.66. The fourth-order valence-electron chi connectivity index (χ4n) is 5.72. The number of anilines is 1. The van der Waals surface area contributed by atoms with E-state index >= 15 is 0 Å². The van der Waals surface area contributed by atoms with Gasteiger partial charge in [0.05, 0.1) is 24.0 Å². The van der Waals surface area contributed by atoms with Gasteiger partial charge in [-0.2, -0.15) is 0 Å². The molecule has 0 unspecified atom stereocenters. The number of urea groups is 1. The molecule has 2 heterocycles. The fraction of sp³-hybridized carbons (Fsp3) is 0.517. The van der Waals surface area contributed by atoms with Crippen LogP contribution in [0.2, 0.25) is 0 Å². The van der Waals surface area contributed by atoms with Crippen LogP contribution in [0.25, 0.3) is 10.8 Å². The third-order valence-electron chi connectivity index (χ3n) is 7.99. The van der Waals surface area contributed by atoms with Crippen LogP contribution in [0.15, 0.2) is 42.5 Å². The number of amides is 5. The van der Waals surface area contributed by atoms with E-state index in [1.807, 2.05) is 63.2 Å². The van der Waals surface area contributed by atoms with Crippen LogP contribution in [0.5, 0.6) is 0 Å². The van der Waals surface area contributed by atoms with Crippen molar-refractivity contribution in [1.29, 1.82) is 0 Å². The van der Waals surface area contributed by atoms with Gasteiger partial charge in [-0.05, 0) is 37.3 Å². The lowest BCUT2D eigenvalue weighted by Gasteiger charge is -2.37. The highest BCUT2D eigenvalue weighted by Crippen LogP contribution is 2.38. The number of hydrogen-bond acceptors (Lipinski definition) is 5. The highest BCUT2D eigenvalue weighted by Gasteiger charge is 2.55. The summed E-state index contributed by atoms with van der Waals surface area (Å²) in [6.45, 7) is 8.04. The van der Waals surface area contributed by atoms with E-state index in [2.05, 4.69) is 21.3 Å². The third-order valence-corrected chi connectivity index (χ3v) is 7.99. The lowest BCUT2D eigenvalue weighted by atomic mass is 9.85. The summed E-state index contributed by atoms with van der Waals surface area (Å²) < 4.78 is 0. The summed E-state index contributed by atoms with van der Waals surface area (Å²) in [5.41, 5.74) is 0.114. The molecule has 0 radical (unpaired) electrons. The standard InChI is InChI=1S/C29H40N6O4/c1-17(30-5)25(36)33-24(29(2,3)4)27(38)34-15-14-22-23(34)20(16-35(22)28(39)31-6)26(37)32-21-13-9-11-18-10-7-8-12-19(18)21/h7-13,17,20,22-24,30H,14-16H2,1-6H3,(H,31,39)(H,32,37)(H,33,36)/t17-,20-,22+,23+,24+/m0/s1. The van der Waals surface area contributed by atoms with Crippen molar-refractivity contribution in [2.24, 2.45) is 11.3 Å². The molecule has 2 fully saturated rings. The molecule has 0 saturated carbocycles. The monoisotopic (exact) mass is 536 g/mol. The predicted octanol–water partition coefficient (Wildman–Crippen LogP) is 2.16. The van der Waals surface area contributed by atoms with Gasteiger partial charge in [-0.15, -0.1) is 0 Å². The molecule has 2 saturated heterocycles. The van der Waals surface area contributed by atoms with E-state index in [1.165, 1.54) is 0 Å². The van der Waals surface area contributed by atoms with Crippen LogP contribution in [0.4, 0.5) is 10.5 Å². The van der Waals surface area contributed by atoms with E-state index in [1.54, 1.807) is 30.8 Å². The number of fused-ring (bicyclic) bond motifs is 2. The number of nitrogens with one attached hydrogen (secondary N) is 4. The van der Waals surface area contributed by atoms with Gasteiger partial charge < -0.3 is 31.1 Å². The third kappa shape index (κ3) is 5.56. The average Bonchev–Trinajstić information content (AvgIpc) is 3.51. The lowest BCUT2D eigenvalue weighted by molar-refractivity contribution is -0.141. The van der Waals surface area contributed by atoms with Gasteiger partial charge in [0.15, 0.2) is 0 Å². The zero-order valence-corrected chi connectivity index (χ0v) is 23.6. The zero-order chi connectivity index (χ0) is 28.5. The summed E-state index contributed by atoms with van der Waals surface area (Å²) in [7, 11) is 3.25. The normalized spacial score (nSPS) is 22.3. The lowest BCUT2D eigenvalue weighted by Crippen LogP contribution is -2.59. The highest BCUT2D eigenvalue weighted by molar-refractivity contribution is 6.03. The first-order chi connectivity index (χ1) is 18.5. The van der Waals surface area contributed by atoms with Gasteiger partial charge in [-0.3, -0.25) is 14.4 Å². The van der Waals surface area contributed by atoms with Crippen LogP contribution >= 0.6 is 0 Å². The number of carbonyl (C=O) groups excluding carboxylic acids is 4. The second kappa shape index (κ2) is 11.2. The molecular weight excluding hydrogens is 496 g/mol. The Morgan fingerprint density at radius 2 is 1.67 bits per heavy atom. The highest BCUT2D eigenvalue weighted by atomic mass is 16.2. The van der Waals surface area contributed by atoms with Gasteiger partial charge in [0, 0.05) is 31.2 Å². The number of carbonyl (C=O) groups is 4. The fourth-order valence-corrected chi connectivity index (χ4v) is 5.72. The maximum atomic E-state index is 14.1. The van der Waals surface area contributed by atoms with Crippen LogP contribution in [-0.4, -0.2) is 84.9 Å². The molecule has 39 heavy (non-hydrogen) atoms. The number of likely N-dealkylation sites (N-methyl/N-ethyl adjacent to an activating group) is 1. The maximum Gasteiger partial charge on any atom is 0.317 e. The molecule has 2 aliphatic heterocycles. The van der Waals surface area contributed by atoms with Gasteiger partial charge in [-0.1, -0.05) is 57.2 Å². The molecule has 0 bridgehead atoms. The Bertz CT molecular complexity index is 1250. The van der Waals surface area contributed by atoms with E-state index < -0.39 is 29.5 Å². The topological polar surface area (TPSA) is 123 Å². The van der Waals surface area contributed by atoms with Crippen molar-refractivity contribution in [3.05, 3.63) is 42.5 Å². The van der Waals surface area contributed by atoms with Crippen LogP contribution in [0.3, 0.4) is 0 Å². The summed E-state index contributed by atoms with van der Waals surface area (Å²) in [5, 5.41) is 13.5. The zero-order valence-electron chi connectivity index (χ0n) is 23.6. The Morgan fingerprint density at radius 3 is 2.33 bits per heavy atom. The number of hydrogen-bond donors (Lipinski definition) is 4. The van der Waals surface area contributed by atoms with Crippen LogP contribution in [0, 0.1) is 11.3 Å². The van der Waals surface area contributed by atoms with Gasteiger partial charge in [0.2, 0.25) is 17.7 Å². The minimum atomic E-state index is -0.796. The molecule has 10 nitrogen and oxygen atoms in total. The molecule has 0 aromatic heterocycles. The molecule has 0 spiro atoms. The summed E-state index contributed by atoms with van der Waals surface area (Å²) >= 11 is 0. The molecule has 2 aliphatic rings. The summed E-state index contributed by atoms with van der Waals surface area (Å²) in [6, 6.07) is 11.2. The SMILES string of the molecule is CNC(=O)N1C[C@H](C(=O)Nc2cccc3ccccc23)[C@@H]2[C@H]1CCN2C(=O)[C@@H](NC(=O)[C@H](C)NC)C(C)(C)C. The van der Waals surface area contributed by atoms with Crippen molar-refractivity contribution in [2.75, 3.05) is 32.5 Å². The van der Waals surface area contributed by atoms with E-state index in [0.717, 1.165) is 10.8 Å². The molecule has 2 aromatic carbocycles. The Kier molecular flexibility index (Phi) is 8.15. The summed E-state index contributed by atoms with van der Waals surface area (Å²) in [5.74, 6) is -1.39. The van der Waals surface area contributed by atoms with E-state index in [-0.39, 0.29) is 36.3 Å². The smallest absolute Gasteiger partial charge is 0.317 e. The van der Waals surface area contributed by atoms with Crippen LogP contribution in [-0.2, 0) is 14.4 Å². The van der Waals surface area contributed by atoms with E-state index in [4.69, 9.17) is 0 Å². The Morgan fingerprint density at radius 1 is 0.974 bits per heavy atom. The van der Waals surface area contributed by atoms with Gasteiger partial charge in [0.1, 0.15) is 6.04 Å². The largest absolute Gasteiger partial charge is 0.342 e. The Balaban J connectivity index is 1.64. The number of nitrogens with zero attached hydrogens (tertiary/aromatic N) is 2. The predicted molar refractivity (Wildman–Crippen MR) is 151 cm³/mol. The molecule has 5 atom stereocenters. The minimum Gasteiger partial charge on any atom is -0.342 e. The molecule has 5 amide bonds. The number of benzene rings is 2. The first kappa shape index (κ1) is 28.4. The average molecular weight is 537 g/mol. The molecule has 10 heteroatoms. The van der Waals surface area contributed by atoms with Crippen molar-refractivity contribution in [2.45, 2.75) is 58.3 Å². The van der Waals surface area contributed by atoms with Crippen molar-refractivity contribution >= 4 is 40.2 Å². The van der Waals surface area contributed by atoms with Crippen molar-refractivity contribution in [1.82, 2.24) is 25.8 Å². The molecule has 0 aliphatic carbocycles. The van der Waals surface area contributed by atoms with E-state index in [0.29, 0.717) is 18.7 Å². The van der Waals surface area contributed by atoms with Gasteiger partial charge >= 0.3 is 6.03 Å². The van der Waals surface area contributed by atoms with Crippen molar-refractivity contribution in [3.63, 3.8) is 0 Å². The molecule has 210 valence electrons. The second-order valence-corrected chi connectivity index (χ2v) is 11.5. The van der Waals surface area contributed by atoms with Crippen molar-refractivity contribution in [3.8, 4) is 0 Å². The first-order valence-corrected chi connectivity index (χ1v) is 13.5. The quantitative estimate of drug-likeness (QED) is 0.451. The molecule has 4 N–H and O–H groups in total. The molecular formula is C29H40N6O4. The number of rotatable bonds is 6. The van der Waals surface area contributed by atoms with E-state index in [9.17, 15) is 19.2 Å². The van der Waals surface area contributed by atoms with Crippen molar-refractivity contribution < 1.29 is 19.2 Å².